The van der Waals surface area contributed by atoms with Gasteiger partial charge >= 0.3 is 0 Å². The third kappa shape index (κ3) is 2.83. The summed E-state index contributed by atoms with van der Waals surface area (Å²) in [5, 5.41) is 4.87. The Morgan fingerprint density at radius 2 is 1.91 bits per heavy atom. The number of hydrogen-bond acceptors (Lipinski definition) is 3. The van der Waals surface area contributed by atoms with E-state index in [0.29, 0.717) is 16.4 Å². The number of fused-ring (bicyclic) bond motifs is 1. The molecular weight excluding hydrogens is 294 g/mol. The monoisotopic (exact) mass is 313 g/mol. The van der Waals surface area contributed by atoms with Crippen LogP contribution in [-0.2, 0) is 0 Å². The van der Waals surface area contributed by atoms with Crippen molar-refractivity contribution in [2.75, 3.05) is 0 Å². The molecule has 2 atom stereocenters. The number of nitrogens with one attached hydrogen (secondary N) is 1. The first-order valence-corrected chi connectivity index (χ1v) is 8.43. The number of hydrogen-bond donors (Lipinski definition) is 1. The van der Waals surface area contributed by atoms with Gasteiger partial charge in [0.25, 0.3) is 5.91 Å². The average Bonchev–Trinajstić information content (AvgIpc) is 3.01. The number of benzene rings is 1. The number of amides is 1. The number of thiophene rings is 1. The number of Topliss-reactive ketones (excluding diaryl/α,β-unsaturated/α-hetero) is 1. The van der Waals surface area contributed by atoms with E-state index < -0.39 is 0 Å². The van der Waals surface area contributed by atoms with E-state index in [9.17, 15) is 9.59 Å². The molecule has 114 valence electrons. The highest BCUT2D eigenvalue weighted by atomic mass is 32.1. The lowest BCUT2D eigenvalue weighted by Gasteiger charge is -2.30. The molecule has 1 aromatic carbocycles. The summed E-state index contributed by atoms with van der Waals surface area (Å²) in [7, 11) is 0. The molecule has 0 radical (unpaired) electrons. The molecule has 1 N–H and O–H groups in total. The molecule has 1 aliphatic rings. The second-order valence-electron chi connectivity index (χ2n) is 5.89. The van der Waals surface area contributed by atoms with Crippen LogP contribution in [-0.4, -0.2) is 11.7 Å². The van der Waals surface area contributed by atoms with Crippen LogP contribution in [0.15, 0.2) is 35.7 Å². The van der Waals surface area contributed by atoms with Crippen molar-refractivity contribution in [3.8, 4) is 0 Å². The van der Waals surface area contributed by atoms with Gasteiger partial charge in [-0.2, -0.15) is 0 Å². The van der Waals surface area contributed by atoms with Crippen molar-refractivity contribution in [2.24, 2.45) is 0 Å². The fraction of sp³-hybridized carbons (Fsp3) is 0.333. The topological polar surface area (TPSA) is 46.2 Å². The van der Waals surface area contributed by atoms with Gasteiger partial charge in [0.1, 0.15) is 0 Å². The van der Waals surface area contributed by atoms with E-state index in [-0.39, 0.29) is 17.7 Å². The molecule has 22 heavy (non-hydrogen) atoms. The van der Waals surface area contributed by atoms with E-state index >= 15 is 0 Å². The zero-order valence-electron chi connectivity index (χ0n) is 12.8. The highest BCUT2D eigenvalue weighted by Crippen LogP contribution is 2.37. The molecule has 1 aliphatic carbocycles. The largest absolute Gasteiger partial charge is 0.345 e. The lowest BCUT2D eigenvalue weighted by atomic mass is 9.81. The first kappa shape index (κ1) is 15.0. The van der Waals surface area contributed by atoms with Crippen molar-refractivity contribution in [2.45, 2.75) is 38.6 Å². The van der Waals surface area contributed by atoms with Crippen LogP contribution in [0.4, 0.5) is 0 Å². The minimum atomic E-state index is -0.0909. The number of carbonyl (C=O) groups excluding carboxylic acids is 2. The second kappa shape index (κ2) is 6.05. The van der Waals surface area contributed by atoms with Gasteiger partial charge in [-0.3, -0.25) is 9.59 Å². The van der Waals surface area contributed by atoms with Gasteiger partial charge in [-0.05, 0) is 42.9 Å². The zero-order valence-corrected chi connectivity index (χ0v) is 13.6. The van der Waals surface area contributed by atoms with Crippen LogP contribution in [0.25, 0.3) is 0 Å². The van der Waals surface area contributed by atoms with Crippen LogP contribution < -0.4 is 5.32 Å². The van der Waals surface area contributed by atoms with Crippen molar-refractivity contribution < 1.29 is 9.59 Å². The van der Waals surface area contributed by atoms with Gasteiger partial charge in [0.2, 0.25) is 0 Å². The third-order valence-electron chi connectivity index (χ3n) is 4.33. The SMILES string of the molecule is CC(=O)c1csc(C(=O)N[C@H]2CC[C@H](C)c3ccccc32)c1. The molecule has 0 aliphatic heterocycles. The summed E-state index contributed by atoms with van der Waals surface area (Å²) in [4.78, 5) is 24.4. The minimum absolute atomic E-state index is 0.00728. The first-order valence-electron chi connectivity index (χ1n) is 7.55. The first-order chi connectivity index (χ1) is 10.6. The van der Waals surface area contributed by atoms with E-state index in [1.807, 2.05) is 6.07 Å². The number of ketones is 1. The second-order valence-corrected chi connectivity index (χ2v) is 6.80. The van der Waals surface area contributed by atoms with Crippen LogP contribution in [0.3, 0.4) is 0 Å². The molecule has 1 heterocycles. The van der Waals surface area contributed by atoms with Crippen molar-refractivity contribution in [3.63, 3.8) is 0 Å². The Kier molecular flexibility index (Phi) is 4.12. The molecule has 0 bridgehead atoms. The lowest BCUT2D eigenvalue weighted by molar-refractivity contribution is 0.0936. The molecule has 3 rings (SSSR count). The summed E-state index contributed by atoms with van der Waals surface area (Å²) >= 11 is 1.32. The van der Waals surface area contributed by atoms with Gasteiger partial charge in [0, 0.05) is 10.9 Å². The molecule has 1 aromatic heterocycles. The van der Waals surface area contributed by atoms with E-state index in [0.717, 1.165) is 12.8 Å². The summed E-state index contributed by atoms with van der Waals surface area (Å²) in [6, 6.07) is 10.1. The van der Waals surface area contributed by atoms with Crippen LogP contribution >= 0.6 is 11.3 Å². The molecule has 4 heteroatoms. The van der Waals surface area contributed by atoms with E-state index in [4.69, 9.17) is 0 Å². The third-order valence-corrected chi connectivity index (χ3v) is 5.25. The zero-order chi connectivity index (χ0) is 15.7. The van der Waals surface area contributed by atoms with Crippen LogP contribution in [0.1, 0.15) is 69.8 Å². The minimum Gasteiger partial charge on any atom is -0.345 e. The highest BCUT2D eigenvalue weighted by molar-refractivity contribution is 7.12. The van der Waals surface area contributed by atoms with Crippen molar-refractivity contribution in [3.05, 3.63) is 57.3 Å². The van der Waals surface area contributed by atoms with Crippen molar-refractivity contribution >= 4 is 23.0 Å². The van der Waals surface area contributed by atoms with Crippen LogP contribution in [0, 0.1) is 0 Å². The van der Waals surface area contributed by atoms with Gasteiger partial charge in [0.05, 0.1) is 10.9 Å². The standard InChI is InChI=1S/C18H19NO2S/c1-11-7-8-16(15-6-4-3-5-14(11)15)19-18(21)17-9-13(10-22-17)12(2)20/h3-6,9-11,16H,7-8H2,1-2H3,(H,19,21)/t11-,16-/m0/s1. The quantitative estimate of drug-likeness (QED) is 0.858. The maximum absolute atomic E-state index is 12.4. The smallest absolute Gasteiger partial charge is 0.261 e. The van der Waals surface area contributed by atoms with Crippen LogP contribution in [0.5, 0.6) is 0 Å². The van der Waals surface area contributed by atoms with E-state index in [1.165, 1.54) is 29.4 Å². The molecule has 1 amide bonds. The number of rotatable bonds is 3. The van der Waals surface area contributed by atoms with Crippen molar-refractivity contribution in [1.82, 2.24) is 5.32 Å². The maximum atomic E-state index is 12.4. The Morgan fingerprint density at radius 3 is 2.59 bits per heavy atom. The predicted octanol–water partition coefficient (Wildman–Crippen LogP) is 4.32. The Labute approximate surface area is 134 Å². The fourth-order valence-corrected chi connectivity index (χ4v) is 3.87. The summed E-state index contributed by atoms with van der Waals surface area (Å²) in [6.07, 6.45) is 2.03. The Hall–Kier alpha value is -1.94. The molecule has 0 spiro atoms. The van der Waals surface area contributed by atoms with Gasteiger partial charge < -0.3 is 5.32 Å². The predicted molar refractivity (Wildman–Crippen MR) is 88.6 cm³/mol. The van der Waals surface area contributed by atoms with E-state index in [1.54, 1.807) is 11.4 Å². The average molecular weight is 313 g/mol. The summed E-state index contributed by atoms with van der Waals surface area (Å²) in [5.74, 6) is 0.439. The van der Waals surface area contributed by atoms with Crippen molar-refractivity contribution in [1.29, 1.82) is 0 Å². The van der Waals surface area contributed by atoms with E-state index in [2.05, 4.69) is 30.4 Å². The summed E-state index contributed by atoms with van der Waals surface area (Å²) < 4.78 is 0. The normalized spacial score (nSPS) is 20.3. The summed E-state index contributed by atoms with van der Waals surface area (Å²) in [5.41, 5.74) is 3.15. The maximum Gasteiger partial charge on any atom is 0.261 e. The van der Waals surface area contributed by atoms with Gasteiger partial charge in [-0.1, -0.05) is 31.2 Å². The fourth-order valence-electron chi connectivity index (χ4n) is 3.02. The Morgan fingerprint density at radius 1 is 1.18 bits per heavy atom. The summed E-state index contributed by atoms with van der Waals surface area (Å²) in [6.45, 7) is 3.75. The molecular formula is C18H19NO2S. The molecule has 0 saturated heterocycles. The van der Waals surface area contributed by atoms with Crippen LogP contribution in [0.2, 0.25) is 0 Å². The van der Waals surface area contributed by atoms with Gasteiger partial charge in [0.15, 0.2) is 5.78 Å². The molecule has 0 fully saturated rings. The van der Waals surface area contributed by atoms with Gasteiger partial charge in [-0.15, -0.1) is 11.3 Å². The van der Waals surface area contributed by atoms with Gasteiger partial charge in [-0.25, -0.2) is 0 Å². The lowest BCUT2D eigenvalue weighted by Crippen LogP contribution is -2.31. The Bertz CT molecular complexity index is 719. The molecule has 0 unspecified atom stereocenters. The molecule has 0 saturated carbocycles. The molecule has 2 aromatic rings. The Balaban J connectivity index is 1.80. The highest BCUT2D eigenvalue weighted by Gasteiger charge is 2.26. The number of carbonyl (C=O) groups is 2. The molecule has 3 nitrogen and oxygen atoms in total.